The molecule has 5 heteroatoms. The van der Waals surface area contributed by atoms with Crippen LogP contribution in [0.3, 0.4) is 0 Å². The second kappa shape index (κ2) is 8.04. The van der Waals surface area contributed by atoms with E-state index in [1.165, 1.54) is 0 Å². The van der Waals surface area contributed by atoms with Crippen LogP contribution in [0.25, 0.3) is 10.8 Å². The number of nitrogens with one attached hydrogen (secondary N) is 2. The molecule has 0 unspecified atom stereocenters. The van der Waals surface area contributed by atoms with Crippen molar-refractivity contribution in [3.63, 3.8) is 0 Å². The van der Waals surface area contributed by atoms with Gasteiger partial charge in [-0.3, -0.25) is 4.79 Å². The van der Waals surface area contributed by atoms with Gasteiger partial charge in [-0.25, -0.2) is 0 Å². The summed E-state index contributed by atoms with van der Waals surface area (Å²) in [4.78, 5) is 12.0. The van der Waals surface area contributed by atoms with Gasteiger partial charge in [0.1, 0.15) is 5.75 Å². The Labute approximate surface area is 152 Å². The largest absolute Gasteiger partial charge is 0.497 e. The SMILES string of the molecule is COc1ccc2cc(CNC(=O)CNc3ccc(C#N)cc3)ccc2c1. The molecule has 0 fully saturated rings. The van der Waals surface area contributed by atoms with Crippen molar-refractivity contribution >= 4 is 22.4 Å². The summed E-state index contributed by atoms with van der Waals surface area (Å²) < 4.78 is 5.23. The summed E-state index contributed by atoms with van der Waals surface area (Å²) in [5.41, 5.74) is 2.43. The third kappa shape index (κ3) is 4.31. The first-order chi connectivity index (χ1) is 12.7. The van der Waals surface area contributed by atoms with Gasteiger partial charge in [0.25, 0.3) is 0 Å². The summed E-state index contributed by atoms with van der Waals surface area (Å²) in [6.07, 6.45) is 0. The highest BCUT2D eigenvalue weighted by Crippen LogP contribution is 2.21. The number of methoxy groups -OCH3 is 1. The van der Waals surface area contributed by atoms with E-state index in [1.54, 1.807) is 31.4 Å². The first-order valence-corrected chi connectivity index (χ1v) is 8.25. The molecule has 0 atom stereocenters. The number of benzene rings is 3. The molecule has 26 heavy (non-hydrogen) atoms. The van der Waals surface area contributed by atoms with Gasteiger partial charge in [-0.1, -0.05) is 18.2 Å². The number of fused-ring (bicyclic) bond motifs is 1. The molecular formula is C21H19N3O2. The fraction of sp³-hybridized carbons (Fsp3) is 0.143. The first-order valence-electron chi connectivity index (χ1n) is 8.25. The molecule has 0 aromatic heterocycles. The van der Waals surface area contributed by atoms with E-state index in [-0.39, 0.29) is 12.5 Å². The molecule has 0 heterocycles. The van der Waals surface area contributed by atoms with E-state index < -0.39 is 0 Å². The normalized spacial score (nSPS) is 10.2. The molecule has 1 amide bonds. The number of anilines is 1. The molecule has 0 aliphatic carbocycles. The average molecular weight is 345 g/mol. The van der Waals surface area contributed by atoms with Crippen LogP contribution in [0.2, 0.25) is 0 Å². The molecule has 3 aromatic carbocycles. The van der Waals surface area contributed by atoms with Crippen LogP contribution in [0, 0.1) is 11.3 Å². The van der Waals surface area contributed by atoms with Crippen molar-refractivity contribution in [1.29, 1.82) is 5.26 Å². The van der Waals surface area contributed by atoms with Gasteiger partial charge in [0.15, 0.2) is 0 Å². The Morgan fingerprint density at radius 2 is 1.77 bits per heavy atom. The molecular weight excluding hydrogens is 326 g/mol. The summed E-state index contributed by atoms with van der Waals surface area (Å²) in [6, 6.07) is 21.0. The molecule has 0 radical (unpaired) electrons. The van der Waals surface area contributed by atoms with Crippen LogP contribution in [0.5, 0.6) is 5.75 Å². The quantitative estimate of drug-likeness (QED) is 0.718. The summed E-state index contributed by atoms with van der Waals surface area (Å²) in [5.74, 6) is 0.733. The van der Waals surface area contributed by atoms with Gasteiger partial charge < -0.3 is 15.4 Å². The Kier molecular flexibility index (Phi) is 5.35. The number of amides is 1. The monoisotopic (exact) mass is 345 g/mol. The Bertz CT molecular complexity index is 959. The van der Waals surface area contributed by atoms with Crippen LogP contribution < -0.4 is 15.4 Å². The number of carbonyl (C=O) groups is 1. The lowest BCUT2D eigenvalue weighted by Crippen LogP contribution is -2.29. The number of carbonyl (C=O) groups excluding carboxylic acids is 1. The molecule has 130 valence electrons. The average Bonchev–Trinajstić information content (AvgIpc) is 2.70. The van der Waals surface area contributed by atoms with E-state index in [9.17, 15) is 4.79 Å². The van der Waals surface area contributed by atoms with Crippen molar-refractivity contribution in [2.75, 3.05) is 19.0 Å². The van der Waals surface area contributed by atoms with Gasteiger partial charge >= 0.3 is 0 Å². The highest BCUT2D eigenvalue weighted by molar-refractivity contribution is 5.85. The smallest absolute Gasteiger partial charge is 0.239 e. The molecule has 0 bridgehead atoms. The van der Waals surface area contributed by atoms with E-state index in [2.05, 4.69) is 22.8 Å². The zero-order valence-electron chi connectivity index (χ0n) is 14.5. The minimum absolute atomic E-state index is 0.0933. The van der Waals surface area contributed by atoms with Crippen molar-refractivity contribution in [1.82, 2.24) is 5.32 Å². The fourth-order valence-electron chi connectivity index (χ4n) is 2.62. The number of nitrogens with zero attached hydrogens (tertiary/aromatic N) is 1. The van der Waals surface area contributed by atoms with Gasteiger partial charge in [-0.05, 0) is 58.8 Å². The minimum atomic E-state index is -0.0933. The molecule has 0 aliphatic rings. The zero-order valence-corrected chi connectivity index (χ0v) is 14.5. The maximum atomic E-state index is 12.0. The van der Waals surface area contributed by atoms with E-state index in [1.807, 2.05) is 30.3 Å². The lowest BCUT2D eigenvalue weighted by Gasteiger charge is -2.09. The number of rotatable bonds is 6. The van der Waals surface area contributed by atoms with Crippen molar-refractivity contribution in [2.24, 2.45) is 0 Å². The maximum Gasteiger partial charge on any atom is 0.239 e. The van der Waals surface area contributed by atoms with Crippen molar-refractivity contribution in [3.05, 3.63) is 71.8 Å². The predicted molar refractivity (Wildman–Crippen MR) is 102 cm³/mol. The van der Waals surface area contributed by atoms with E-state index in [0.29, 0.717) is 12.1 Å². The van der Waals surface area contributed by atoms with Crippen LogP contribution >= 0.6 is 0 Å². The Balaban J connectivity index is 1.53. The third-order valence-electron chi connectivity index (χ3n) is 4.07. The summed E-state index contributed by atoms with van der Waals surface area (Å²) >= 11 is 0. The van der Waals surface area contributed by atoms with Gasteiger partial charge in [-0.15, -0.1) is 0 Å². The third-order valence-corrected chi connectivity index (χ3v) is 4.07. The van der Waals surface area contributed by atoms with Gasteiger partial charge in [-0.2, -0.15) is 5.26 Å². The number of ether oxygens (including phenoxy) is 1. The van der Waals surface area contributed by atoms with Crippen molar-refractivity contribution in [2.45, 2.75) is 6.54 Å². The molecule has 0 saturated carbocycles. The highest BCUT2D eigenvalue weighted by Gasteiger charge is 2.03. The second-order valence-corrected chi connectivity index (χ2v) is 5.87. The van der Waals surface area contributed by atoms with E-state index in [4.69, 9.17) is 10.00 Å². The molecule has 5 nitrogen and oxygen atoms in total. The fourth-order valence-corrected chi connectivity index (χ4v) is 2.62. The van der Waals surface area contributed by atoms with Gasteiger partial charge in [0, 0.05) is 12.2 Å². The zero-order chi connectivity index (χ0) is 18.4. The molecule has 0 spiro atoms. The van der Waals surface area contributed by atoms with Crippen LogP contribution in [-0.4, -0.2) is 19.6 Å². The number of hydrogen-bond acceptors (Lipinski definition) is 4. The number of hydrogen-bond donors (Lipinski definition) is 2. The van der Waals surface area contributed by atoms with Gasteiger partial charge in [0.05, 0.1) is 25.3 Å². The highest BCUT2D eigenvalue weighted by atomic mass is 16.5. The molecule has 3 aromatic rings. The Hall–Kier alpha value is -3.52. The van der Waals surface area contributed by atoms with E-state index >= 15 is 0 Å². The summed E-state index contributed by atoms with van der Waals surface area (Å²) in [5, 5.41) is 16.9. The number of nitriles is 1. The van der Waals surface area contributed by atoms with Crippen LogP contribution in [0.1, 0.15) is 11.1 Å². The summed E-state index contributed by atoms with van der Waals surface area (Å²) in [6.45, 7) is 0.645. The van der Waals surface area contributed by atoms with Crippen LogP contribution in [-0.2, 0) is 11.3 Å². The standard InChI is InChI=1S/C21H19N3O2/c1-26-20-9-6-17-10-16(2-5-18(17)11-20)13-24-21(25)14-23-19-7-3-15(12-22)4-8-19/h2-11,23H,13-14H2,1H3,(H,24,25). The lowest BCUT2D eigenvalue weighted by atomic mass is 10.1. The van der Waals surface area contributed by atoms with Crippen LogP contribution in [0.15, 0.2) is 60.7 Å². The van der Waals surface area contributed by atoms with Crippen LogP contribution in [0.4, 0.5) is 5.69 Å². The van der Waals surface area contributed by atoms with Crippen molar-refractivity contribution < 1.29 is 9.53 Å². The molecule has 3 rings (SSSR count). The molecule has 0 aliphatic heterocycles. The lowest BCUT2D eigenvalue weighted by molar-refractivity contribution is -0.119. The molecule has 2 N–H and O–H groups in total. The van der Waals surface area contributed by atoms with Gasteiger partial charge in [0.2, 0.25) is 5.91 Å². The first kappa shape index (κ1) is 17.3. The summed E-state index contributed by atoms with van der Waals surface area (Å²) in [7, 11) is 1.65. The Morgan fingerprint density at radius 3 is 2.50 bits per heavy atom. The molecule has 0 saturated heterocycles. The minimum Gasteiger partial charge on any atom is -0.497 e. The Morgan fingerprint density at radius 1 is 1.04 bits per heavy atom. The van der Waals surface area contributed by atoms with E-state index in [0.717, 1.165) is 27.8 Å². The predicted octanol–water partition coefficient (Wildman–Crippen LogP) is 3.45. The van der Waals surface area contributed by atoms with Crippen molar-refractivity contribution in [3.8, 4) is 11.8 Å². The topological polar surface area (TPSA) is 74.2 Å². The maximum absolute atomic E-state index is 12.0. The second-order valence-electron chi connectivity index (χ2n) is 5.87.